The van der Waals surface area contributed by atoms with E-state index in [2.05, 4.69) is 5.10 Å². The van der Waals surface area contributed by atoms with Crippen molar-refractivity contribution in [2.24, 2.45) is 28.8 Å². The number of nitrogens with zero attached hydrogens (tertiary/aromatic N) is 2. The number of aromatic hydroxyl groups is 1. The van der Waals surface area contributed by atoms with E-state index in [1.165, 1.54) is 20.4 Å². The molecule has 2 aliphatic carbocycles. The first-order chi connectivity index (χ1) is 12.0. The Labute approximate surface area is 144 Å². The number of amides is 2. The fraction of sp³-hybridized carbons (Fsp3) is 0.389. The van der Waals surface area contributed by atoms with Crippen LogP contribution in [0.15, 0.2) is 29.4 Å². The topological polar surface area (TPSA) is 88.4 Å². The number of hydrazone groups is 1. The molecule has 7 heteroatoms. The lowest BCUT2D eigenvalue weighted by atomic mass is 9.85. The molecule has 2 fully saturated rings. The zero-order valence-electron chi connectivity index (χ0n) is 13.9. The van der Waals surface area contributed by atoms with Crippen molar-refractivity contribution in [1.82, 2.24) is 5.01 Å². The first-order valence-corrected chi connectivity index (χ1v) is 8.10. The van der Waals surface area contributed by atoms with Gasteiger partial charge in [0.2, 0.25) is 5.75 Å². The monoisotopic (exact) mass is 342 g/mol. The third kappa shape index (κ3) is 2.22. The van der Waals surface area contributed by atoms with Crippen LogP contribution in [0.4, 0.5) is 0 Å². The van der Waals surface area contributed by atoms with Crippen LogP contribution in [-0.2, 0) is 9.59 Å². The first kappa shape index (κ1) is 15.7. The molecule has 7 nitrogen and oxygen atoms in total. The molecule has 3 aliphatic rings. The number of carbonyl (C=O) groups is 2. The quantitative estimate of drug-likeness (QED) is 0.509. The third-order valence-electron chi connectivity index (χ3n) is 5.27. The lowest BCUT2D eigenvalue weighted by molar-refractivity contribution is -0.140. The Morgan fingerprint density at radius 3 is 2.08 bits per heavy atom. The van der Waals surface area contributed by atoms with Gasteiger partial charge < -0.3 is 14.6 Å². The number of imide groups is 1. The number of allylic oxidation sites excluding steroid dienone is 2. The molecule has 1 aliphatic heterocycles. The molecule has 1 heterocycles. The van der Waals surface area contributed by atoms with Gasteiger partial charge in [0, 0.05) is 5.56 Å². The highest BCUT2D eigenvalue weighted by atomic mass is 16.5. The number of fused-ring (bicyclic) bond motifs is 5. The molecule has 1 N–H and O–H groups in total. The molecule has 4 rings (SSSR count). The highest BCUT2D eigenvalue weighted by molar-refractivity contribution is 6.06. The minimum absolute atomic E-state index is 0.118. The molecule has 1 aromatic rings. The molecule has 1 saturated carbocycles. The number of hydrogen-bond acceptors (Lipinski definition) is 6. The first-order valence-electron chi connectivity index (χ1n) is 8.10. The Kier molecular flexibility index (Phi) is 3.52. The van der Waals surface area contributed by atoms with Crippen LogP contribution < -0.4 is 9.47 Å². The largest absolute Gasteiger partial charge is 0.502 e. The third-order valence-corrected chi connectivity index (χ3v) is 5.27. The van der Waals surface area contributed by atoms with Crippen molar-refractivity contribution >= 4 is 18.0 Å². The van der Waals surface area contributed by atoms with Crippen molar-refractivity contribution in [3.63, 3.8) is 0 Å². The standard InChI is InChI=1S/C18H18N2O5/c1-24-12-5-9(6-13(25-2)16(12)21)8-19-20-17(22)14-10-3-4-11(7-10)15(14)18(20)23/h3-6,8,10-11,14-15,21H,7H2,1-2H3/t10-,11-,14-,15+/m0/s1. The molecule has 1 saturated heterocycles. The molecule has 0 radical (unpaired) electrons. The number of carbonyl (C=O) groups excluding carboxylic acids is 2. The van der Waals surface area contributed by atoms with Gasteiger partial charge in [-0.15, -0.1) is 0 Å². The predicted molar refractivity (Wildman–Crippen MR) is 88.4 cm³/mol. The summed E-state index contributed by atoms with van der Waals surface area (Å²) in [6.07, 6.45) is 6.37. The Balaban J connectivity index is 1.61. The van der Waals surface area contributed by atoms with Crippen molar-refractivity contribution < 1.29 is 24.2 Å². The van der Waals surface area contributed by atoms with E-state index in [0.717, 1.165) is 11.4 Å². The van der Waals surface area contributed by atoms with Crippen LogP contribution in [0.5, 0.6) is 17.2 Å². The molecule has 1 aromatic carbocycles. The second kappa shape index (κ2) is 5.61. The fourth-order valence-corrected chi connectivity index (χ4v) is 4.11. The van der Waals surface area contributed by atoms with Gasteiger partial charge in [0.1, 0.15) is 0 Å². The molecule has 2 amide bonds. The van der Waals surface area contributed by atoms with E-state index < -0.39 is 0 Å². The van der Waals surface area contributed by atoms with Crippen molar-refractivity contribution in [1.29, 1.82) is 0 Å². The van der Waals surface area contributed by atoms with Crippen molar-refractivity contribution in [2.75, 3.05) is 14.2 Å². The molecule has 4 atom stereocenters. The number of ether oxygens (including phenoxy) is 2. The Bertz CT molecular complexity index is 761. The minimum Gasteiger partial charge on any atom is -0.502 e. The van der Waals surface area contributed by atoms with Crippen LogP contribution in [0.2, 0.25) is 0 Å². The van der Waals surface area contributed by atoms with Gasteiger partial charge in [-0.1, -0.05) is 12.2 Å². The molecule has 2 bridgehead atoms. The number of benzene rings is 1. The Morgan fingerprint density at radius 2 is 1.60 bits per heavy atom. The van der Waals surface area contributed by atoms with Crippen LogP contribution in [0.1, 0.15) is 12.0 Å². The predicted octanol–water partition coefficient (Wildman–Crippen LogP) is 1.55. The number of rotatable bonds is 4. The van der Waals surface area contributed by atoms with E-state index in [-0.39, 0.29) is 52.7 Å². The molecule has 0 spiro atoms. The van der Waals surface area contributed by atoms with Crippen LogP contribution in [-0.4, -0.2) is 42.4 Å². The van der Waals surface area contributed by atoms with Crippen molar-refractivity contribution in [3.05, 3.63) is 29.8 Å². The number of methoxy groups -OCH3 is 2. The highest BCUT2D eigenvalue weighted by Gasteiger charge is 2.59. The van der Waals surface area contributed by atoms with E-state index in [4.69, 9.17) is 9.47 Å². The van der Waals surface area contributed by atoms with Crippen LogP contribution in [0, 0.1) is 23.7 Å². The zero-order valence-corrected chi connectivity index (χ0v) is 13.9. The summed E-state index contributed by atoms with van der Waals surface area (Å²) in [5.41, 5.74) is 0.547. The summed E-state index contributed by atoms with van der Waals surface area (Å²) in [6.45, 7) is 0. The molecule has 130 valence electrons. The van der Waals surface area contributed by atoms with Crippen LogP contribution in [0.3, 0.4) is 0 Å². The van der Waals surface area contributed by atoms with Gasteiger partial charge in [-0.2, -0.15) is 10.1 Å². The van der Waals surface area contributed by atoms with Crippen molar-refractivity contribution in [2.45, 2.75) is 6.42 Å². The van der Waals surface area contributed by atoms with Gasteiger partial charge in [-0.05, 0) is 30.4 Å². The summed E-state index contributed by atoms with van der Waals surface area (Å²) in [5.74, 6) is -0.389. The molecule has 0 aromatic heterocycles. The van der Waals surface area contributed by atoms with Gasteiger partial charge >= 0.3 is 0 Å². The maximum absolute atomic E-state index is 12.6. The van der Waals surface area contributed by atoms with Gasteiger partial charge in [-0.25, -0.2) is 0 Å². The van der Waals surface area contributed by atoms with Gasteiger partial charge in [0.15, 0.2) is 11.5 Å². The molecule has 0 unspecified atom stereocenters. The van der Waals surface area contributed by atoms with Gasteiger partial charge in [0.25, 0.3) is 11.8 Å². The number of phenolic OH excluding ortho intramolecular Hbond substituents is 1. The van der Waals surface area contributed by atoms with Crippen LogP contribution in [0.25, 0.3) is 0 Å². The Morgan fingerprint density at radius 1 is 1.08 bits per heavy atom. The minimum atomic E-state index is -0.274. The summed E-state index contributed by atoms with van der Waals surface area (Å²) >= 11 is 0. The summed E-state index contributed by atoms with van der Waals surface area (Å²) in [5, 5.41) is 15.0. The lowest BCUT2D eigenvalue weighted by Crippen LogP contribution is -2.28. The second-order valence-corrected chi connectivity index (χ2v) is 6.51. The summed E-state index contributed by atoms with van der Waals surface area (Å²) in [6, 6.07) is 3.11. The second-order valence-electron chi connectivity index (χ2n) is 6.51. The maximum atomic E-state index is 12.6. The van der Waals surface area contributed by atoms with Gasteiger partial charge in [0.05, 0.1) is 32.3 Å². The smallest absolute Gasteiger partial charge is 0.254 e. The summed E-state index contributed by atoms with van der Waals surface area (Å²) < 4.78 is 10.2. The average Bonchev–Trinajstić information content (AvgIpc) is 3.29. The molecular formula is C18H18N2O5. The Hall–Kier alpha value is -2.83. The van der Waals surface area contributed by atoms with E-state index in [1.807, 2.05) is 12.2 Å². The summed E-state index contributed by atoms with van der Waals surface area (Å²) in [4.78, 5) is 25.2. The number of hydrogen-bond donors (Lipinski definition) is 1. The van der Waals surface area contributed by atoms with E-state index in [0.29, 0.717) is 5.56 Å². The van der Waals surface area contributed by atoms with E-state index >= 15 is 0 Å². The van der Waals surface area contributed by atoms with Crippen molar-refractivity contribution in [3.8, 4) is 17.2 Å². The van der Waals surface area contributed by atoms with Gasteiger partial charge in [-0.3, -0.25) is 9.59 Å². The average molecular weight is 342 g/mol. The normalized spacial score (nSPS) is 29.8. The number of phenols is 1. The van der Waals surface area contributed by atoms with E-state index in [9.17, 15) is 14.7 Å². The SMILES string of the molecule is COc1cc(C=NN2C(=O)[C@@H]3[C@H](C2=O)[C@H]2C=C[C@H]3C2)cc(OC)c1O. The maximum Gasteiger partial charge on any atom is 0.254 e. The van der Waals surface area contributed by atoms with E-state index in [1.54, 1.807) is 12.1 Å². The molecular weight excluding hydrogens is 324 g/mol. The van der Waals surface area contributed by atoms with Crippen LogP contribution >= 0.6 is 0 Å². The fourth-order valence-electron chi connectivity index (χ4n) is 4.11. The molecule has 25 heavy (non-hydrogen) atoms. The zero-order chi connectivity index (χ0) is 17.7. The highest BCUT2D eigenvalue weighted by Crippen LogP contribution is 2.52. The summed E-state index contributed by atoms with van der Waals surface area (Å²) in [7, 11) is 2.85. The lowest BCUT2D eigenvalue weighted by Gasteiger charge is -2.13.